The fraction of sp³-hybridized carbons (Fsp3) is 0.0476. The number of carboxylic acid groups (broad SMARTS) is 2. The zero-order valence-corrected chi connectivity index (χ0v) is 38.2. The van der Waals surface area contributed by atoms with E-state index in [1.165, 1.54) is 61.7 Å². The van der Waals surface area contributed by atoms with Crippen molar-refractivity contribution in [1.29, 1.82) is 0 Å². The average Bonchev–Trinajstić information content (AvgIpc) is 3.21. The Labute approximate surface area is 383 Å². The molecule has 62 heavy (non-hydrogen) atoms. The molecule has 20 heteroatoms. The van der Waals surface area contributed by atoms with Crippen molar-refractivity contribution in [2.75, 3.05) is 14.2 Å². The van der Waals surface area contributed by atoms with Crippen LogP contribution in [0.5, 0.6) is 40.2 Å². The number of carbonyl (C=O) groups is 2. The molecule has 6 aromatic carbocycles. The van der Waals surface area contributed by atoms with Crippen LogP contribution in [-0.4, -0.2) is 65.1 Å². The van der Waals surface area contributed by atoms with Gasteiger partial charge in [0.15, 0.2) is 0 Å². The molecule has 0 aliphatic heterocycles. The van der Waals surface area contributed by atoms with Gasteiger partial charge in [0.1, 0.15) is 57.0 Å². The summed E-state index contributed by atoms with van der Waals surface area (Å²) in [5, 5.41) is 66.8. The summed E-state index contributed by atoms with van der Waals surface area (Å²) in [4.78, 5) is 44.5. The van der Waals surface area contributed by atoms with Crippen LogP contribution in [0.1, 0.15) is 20.7 Å². The minimum Gasteiger partial charge on any atom is -0.508 e. The number of halogens is 4. The number of methoxy groups -OCH3 is 2. The van der Waals surface area contributed by atoms with Crippen LogP contribution in [0.15, 0.2) is 132 Å². The van der Waals surface area contributed by atoms with Gasteiger partial charge in [0.05, 0.1) is 30.6 Å². The van der Waals surface area contributed by atoms with Crippen LogP contribution in [-0.2, 0) is 0 Å². The van der Waals surface area contributed by atoms with Crippen molar-refractivity contribution in [3.05, 3.63) is 146 Å². The molecule has 8 aromatic rings. The number of hydrogen-bond donors (Lipinski definition) is 7. The van der Waals surface area contributed by atoms with Crippen LogP contribution in [0.3, 0.4) is 0 Å². The predicted octanol–water partition coefficient (Wildman–Crippen LogP) is 10.1. The number of fused-ring (bicyclic) bond motifs is 6. The standard InChI is InChI=1S/C14H10O4.C13H8O4.C8H7BrO3.C7H6O4.BBr3/c1-17-9-3-5-10-11-4-2-8(15)6-13(11)18-14(16)12(10)7-9;14-7-1-3-9-10-4-2-8(15)6-12(10)17-13(16)11(9)5-7;1-12-5-2-3-7(9)6(4-5)8(10)11;8-4-2-1-3-5(9)6(4)7(10)11;2-1(3)4/h2-7,15H,1H3;1-6,14-15H;2-4H,1H3,(H,10,11);1-3,8-9H,(H,10,11);. The van der Waals surface area contributed by atoms with Crippen LogP contribution in [0.2, 0.25) is 0 Å². The Hall–Kier alpha value is -6.22. The summed E-state index contributed by atoms with van der Waals surface area (Å²) in [7, 11) is 3.04. The molecule has 0 atom stereocenters. The number of ether oxygens (including phenoxy) is 2. The number of phenols is 5. The molecule has 0 amide bonds. The maximum absolute atomic E-state index is 11.9. The highest BCUT2D eigenvalue weighted by molar-refractivity contribution is 9.69. The topological polar surface area (TPSA) is 255 Å². The van der Waals surface area contributed by atoms with Gasteiger partial charge in [0.25, 0.3) is 0 Å². The van der Waals surface area contributed by atoms with Gasteiger partial charge in [-0.1, -0.05) is 6.07 Å². The summed E-state index contributed by atoms with van der Waals surface area (Å²) in [6.07, 6.45) is 0. The van der Waals surface area contributed by atoms with Gasteiger partial charge in [-0.05, 0) is 107 Å². The lowest BCUT2D eigenvalue weighted by Gasteiger charge is -2.04. The number of phenolic OH excluding ortho intramolecular Hbond substituents is 3. The molecule has 0 saturated carbocycles. The second-order valence-electron chi connectivity index (χ2n) is 12.2. The minimum atomic E-state index is -1.35. The first-order chi connectivity index (χ1) is 29.3. The van der Waals surface area contributed by atoms with Crippen LogP contribution >= 0.6 is 63.2 Å². The zero-order chi connectivity index (χ0) is 45.8. The molecular weight excluding hydrogens is 1070 g/mol. The SMILES string of the molecule is BrB(Br)Br.COc1ccc(Br)c(C(=O)O)c1.COc1ccc2c(c1)c(=O)oc1cc(O)ccc12.O=C(O)c1c(O)cccc1O.O=c1oc2cc(O)ccc2c2ccc(O)cc12. The highest BCUT2D eigenvalue weighted by Gasteiger charge is 2.14. The first kappa shape index (κ1) is 48.5. The van der Waals surface area contributed by atoms with Crippen LogP contribution in [0.25, 0.3) is 43.5 Å². The molecule has 0 saturated heterocycles. The smallest absolute Gasteiger partial charge is 0.369 e. The molecule has 2 aromatic heterocycles. The van der Waals surface area contributed by atoms with Crippen LogP contribution < -0.4 is 20.7 Å². The first-order valence-corrected chi connectivity index (χ1v) is 20.7. The Morgan fingerprint density at radius 1 is 0.532 bits per heavy atom. The van der Waals surface area contributed by atoms with Gasteiger partial charge >= 0.3 is 26.4 Å². The predicted molar refractivity (Wildman–Crippen MR) is 248 cm³/mol. The molecule has 0 bridgehead atoms. The van der Waals surface area contributed by atoms with E-state index in [0.29, 0.717) is 43.3 Å². The van der Waals surface area contributed by atoms with E-state index >= 15 is 0 Å². The molecule has 0 aliphatic carbocycles. The summed E-state index contributed by atoms with van der Waals surface area (Å²) in [5.41, 5.74) is -0.538. The molecule has 0 unspecified atom stereocenters. The third kappa shape index (κ3) is 12.7. The fourth-order valence-corrected chi connectivity index (χ4v) is 5.89. The maximum Gasteiger partial charge on any atom is 0.369 e. The maximum atomic E-state index is 11.9. The van der Waals surface area contributed by atoms with Crippen molar-refractivity contribution in [2.24, 2.45) is 0 Å². The number of benzene rings is 6. The van der Waals surface area contributed by atoms with Gasteiger partial charge in [-0.15, -0.1) is 47.3 Å². The van der Waals surface area contributed by atoms with Gasteiger partial charge in [0, 0.05) is 38.2 Å². The van der Waals surface area contributed by atoms with E-state index in [1.54, 1.807) is 55.6 Å². The van der Waals surface area contributed by atoms with E-state index in [1.807, 2.05) is 6.07 Å². The molecule has 320 valence electrons. The molecular formula is C42H31BBr4O15. The van der Waals surface area contributed by atoms with Crippen molar-refractivity contribution in [1.82, 2.24) is 0 Å². The van der Waals surface area contributed by atoms with E-state index < -0.39 is 40.3 Å². The van der Waals surface area contributed by atoms with Crippen molar-refractivity contribution in [2.45, 2.75) is 0 Å². The highest BCUT2D eigenvalue weighted by atomic mass is 79.9. The van der Waals surface area contributed by atoms with E-state index in [-0.39, 0.29) is 26.0 Å². The van der Waals surface area contributed by atoms with Gasteiger partial charge < -0.3 is 54.1 Å². The van der Waals surface area contributed by atoms with Crippen molar-refractivity contribution >= 4 is 122 Å². The number of hydrogen-bond acceptors (Lipinski definition) is 13. The first-order valence-electron chi connectivity index (χ1n) is 17.2. The monoisotopic (exact) mass is 1100 g/mol. The van der Waals surface area contributed by atoms with Crippen molar-refractivity contribution in [3.63, 3.8) is 0 Å². The summed E-state index contributed by atoms with van der Waals surface area (Å²) in [6.45, 7) is 0. The fourth-order valence-electron chi connectivity index (χ4n) is 5.48. The third-order valence-electron chi connectivity index (χ3n) is 8.22. The lowest BCUT2D eigenvalue weighted by Crippen LogP contribution is -2.00. The van der Waals surface area contributed by atoms with Gasteiger partial charge in [-0.2, -0.15) is 0 Å². The number of rotatable bonds is 4. The normalized spacial score (nSPS) is 10.2. The molecule has 15 nitrogen and oxygen atoms in total. The third-order valence-corrected chi connectivity index (χ3v) is 8.92. The number of aromatic hydroxyl groups is 5. The average molecular weight is 1110 g/mol. The van der Waals surface area contributed by atoms with E-state index in [4.69, 9.17) is 38.7 Å². The van der Waals surface area contributed by atoms with Gasteiger partial charge in [-0.3, -0.25) is 0 Å². The Bertz CT molecular complexity index is 3000. The number of carboxylic acids is 2. The van der Waals surface area contributed by atoms with Gasteiger partial charge in [-0.25, -0.2) is 19.2 Å². The van der Waals surface area contributed by atoms with Crippen LogP contribution in [0, 0.1) is 0 Å². The summed E-state index contributed by atoms with van der Waals surface area (Å²) in [6, 6.07) is 27.6. The van der Waals surface area contributed by atoms with Crippen molar-refractivity contribution in [3.8, 4) is 40.2 Å². The second kappa shape index (κ2) is 22.0. The molecule has 8 rings (SSSR count). The lowest BCUT2D eigenvalue weighted by atomic mass is 10.1. The summed E-state index contributed by atoms with van der Waals surface area (Å²) >= 11 is 12.4. The second-order valence-corrected chi connectivity index (χ2v) is 19.4. The van der Waals surface area contributed by atoms with Crippen molar-refractivity contribution < 1.29 is 63.6 Å². The number of aromatic carboxylic acids is 2. The van der Waals surface area contributed by atoms with E-state index in [9.17, 15) is 34.5 Å². The molecule has 0 radical (unpaired) electrons. The summed E-state index contributed by atoms with van der Waals surface area (Å²) in [5.74, 6) is -1.92. The summed E-state index contributed by atoms with van der Waals surface area (Å²) < 4.78 is 21.1. The molecule has 0 spiro atoms. The Morgan fingerprint density at radius 2 is 0.935 bits per heavy atom. The molecule has 0 aliphatic rings. The minimum absolute atomic E-state index is 0.0166. The van der Waals surface area contributed by atoms with E-state index in [0.717, 1.165) is 16.2 Å². The Balaban J connectivity index is 0.000000180. The molecule has 2 heterocycles. The van der Waals surface area contributed by atoms with Crippen LogP contribution in [0.4, 0.5) is 0 Å². The Kier molecular flexibility index (Phi) is 17.2. The highest BCUT2D eigenvalue weighted by Crippen LogP contribution is 2.30. The Morgan fingerprint density at radius 3 is 1.37 bits per heavy atom. The van der Waals surface area contributed by atoms with E-state index in [2.05, 4.69) is 63.2 Å². The quantitative estimate of drug-likeness (QED) is 0.0492. The largest absolute Gasteiger partial charge is 0.508 e. The molecule has 7 N–H and O–H groups in total. The van der Waals surface area contributed by atoms with Gasteiger partial charge in [0.2, 0.25) is 0 Å². The lowest BCUT2D eigenvalue weighted by molar-refractivity contribution is 0.0681. The zero-order valence-electron chi connectivity index (χ0n) is 31.9. The molecule has 0 fully saturated rings.